The van der Waals surface area contributed by atoms with E-state index in [4.69, 9.17) is 9.57 Å². The fraction of sp³-hybridized carbons (Fsp3) is 0.250. The lowest BCUT2D eigenvalue weighted by atomic mass is 10.0. The van der Waals surface area contributed by atoms with Crippen molar-refractivity contribution in [1.82, 2.24) is 5.48 Å². The molecule has 0 aliphatic carbocycles. The van der Waals surface area contributed by atoms with Gasteiger partial charge in [-0.15, -0.1) is 0 Å². The molecule has 3 heteroatoms. The number of hydroxylamine groups is 1. The zero-order valence-electron chi connectivity index (χ0n) is 11.3. The highest BCUT2D eigenvalue weighted by atomic mass is 16.6. The zero-order valence-corrected chi connectivity index (χ0v) is 11.3. The SMILES string of the molecule is C/C=C/CNOCc1c(OC)ccc2ccccc12. The standard InChI is InChI=1S/C16H19NO2/c1-3-4-11-17-19-12-15-14-8-6-5-7-13(14)9-10-16(15)18-2/h3-10,17H,11-12H2,1-2H3/b4-3+. The molecular formula is C16H19NO2. The lowest BCUT2D eigenvalue weighted by molar-refractivity contribution is 0.0348. The number of ether oxygens (including phenoxy) is 1. The van der Waals surface area contributed by atoms with Crippen LogP contribution in [0.3, 0.4) is 0 Å². The molecule has 0 aliphatic rings. The van der Waals surface area contributed by atoms with Gasteiger partial charge in [-0.1, -0.05) is 42.5 Å². The van der Waals surface area contributed by atoms with Gasteiger partial charge in [-0.05, 0) is 23.8 Å². The number of hydrogen-bond acceptors (Lipinski definition) is 3. The molecule has 2 aromatic carbocycles. The Morgan fingerprint density at radius 3 is 2.79 bits per heavy atom. The first-order valence-corrected chi connectivity index (χ1v) is 6.37. The van der Waals surface area contributed by atoms with Crippen LogP contribution in [-0.2, 0) is 11.4 Å². The fourth-order valence-corrected chi connectivity index (χ4v) is 2.00. The molecule has 0 amide bonds. The molecule has 0 aromatic heterocycles. The first-order chi connectivity index (χ1) is 9.36. The van der Waals surface area contributed by atoms with Gasteiger partial charge < -0.3 is 4.74 Å². The minimum atomic E-state index is 0.474. The van der Waals surface area contributed by atoms with E-state index in [1.54, 1.807) is 7.11 Å². The average Bonchev–Trinajstić information content (AvgIpc) is 2.47. The third kappa shape index (κ3) is 3.34. The highest BCUT2D eigenvalue weighted by Crippen LogP contribution is 2.28. The maximum Gasteiger partial charge on any atom is 0.125 e. The Balaban J connectivity index is 2.19. The number of benzene rings is 2. The second-order valence-electron chi connectivity index (χ2n) is 4.17. The van der Waals surface area contributed by atoms with E-state index in [1.165, 1.54) is 5.39 Å². The van der Waals surface area contributed by atoms with Crippen molar-refractivity contribution in [2.45, 2.75) is 13.5 Å². The quantitative estimate of drug-likeness (QED) is 0.488. The Labute approximate surface area is 113 Å². The Morgan fingerprint density at radius 1 is 1.16 bits per heavy atom. The summed E-state index contributed by atoms with van der Waals surface area (Å²) >= 11 is 0. The van der Waals surface area contributed by atoms with Crippen LogP contribution in [0.2, 0.25) is 0 Å². The summed E-state index contributed by atoms with van der Waals surface area (Å²) in [6, 6.07) is 12.3. The van der Waals surface area contributed by atoms with E-state index in [0.717, 1.165) is 16.7 Å². The normalized spacial score (nSPS) is 11.3. The van der Waals surface area contributed by atoms with Crippen molar-refractivity contribution in [2.24, 2.45) is 0 Å². The molecule has 2 rings (SSSR count). The molecule has 0 saturated heterocycles. The number of allylic oxidation sites excluding steroid dienone is 1. The summed E-state index contributed by atoms with van der Waals surface area (Å²) in [6.07, 6.45) is 3.98. The molecule has 0 aliphatic heterocycles. The van der Waals surface area contributed by atoms with Crippen molar-refractivity contribution in [1.29, 1.82) is 0 Å². The summed E-state index contributed by atoms with van der Waals surface area (Å²) in [5.41, 5.74) is 3.97. The molecule has 3 nitrogen and oxygen atoms in total. The van der Waals surface area contributed by atoms with Crippen LogP contribution < -0.4 is 10.2 Å². The largest absolute Gasteiger partial charge is 0.496 e. The van der Waals surface area contributed by atoms with E-state index in [1.807, 2.05) is 37.3 Å². The fourth-order valence-electron chi connectivity index (χ4n) is 2.00. The van der Waals surface area contributed by atoms with Gasteiger partial charge in [0.25, 0.3) is 0 Å². The average molecular weight is 257 g/mol. The summed E-state index contributed by atoms with van der Waals surface area (Å²) in [5.74, 6) is 0.853. The molecule has 0 atom stereocenters. The predicted molar refractivity (Wildman–Crippen MR) is 78.1 cm³/mol. The molecule has 0 unspecified atom stereocenters. The first kappa shape index (κ1) is 13.6. The van der Waals surface area contributed by atoms with Crippen LogP contribution >= 0.6 is 0 Å². The van der Waals surface area contributed by atoms with Gasteiger partial charge in [0, 0.05) is 12.1 Å². The van der Waals surface area contributed by atoms with Crippen molar-refractivity contribution in [3.05, 3.63) is 54.1 Å². The van der Waals surface area contributed by atoms with Gasteiger partial charge in [-0.25, -0.2) is 0 Å². The van der Waals surface area contributed by atoms with Crippen LogP contribution in [0.5, 0.6) is 5.75 Å². The van der Waals surface area contributed by atoms with Gasteiger partial charge in [0.1, 0.15) is 5.75 Å². The Morgan fingerprint density at radius 2 is 2.00 bits per heavy atom. The minimum Gasteiger partial charge on any atom is -0.496 e. The van der Waals surface area contributed by atoms with Crippen molar-refractivity contribution >= 4 is 10.8 Å². The van der Waals surface area contributed by atoms with E-state index in [-0.39, 0.29) is 0 Å². The van der Waals surface area contributed by atoms with Gasteiger partial charge in [0.2, 0.25) is 0 Å². The third-order valence-electron chi connectivity index (χ3n) is 2.97. The van der Waals surface area contributed by atoms with E-state index in [0.29, 0.717) is 13.2 Å². The molecule has 0 spiro atoms. The number of fused-ring (bicyclic) bond motifs is 1. The number of methoxy groups -OCH3 is 1. The number of hydrogen-bond donors (Lipinski definition) is 1. The van der Waals surface area contributed by atoms with Crippen LogP contribution in [-0.4, -0.2) is 13.7 Å². The van der Waals surface area contributed by atoms with Gasteiger partial charge >= 0.3 is 0 Å². The first-order valence-electron chi connectivity index (χ1n) is 6.37. The zero-order chi connectivity index (χ0) is 13.5. The van der Waals surface area contributed by atoms with Crippen LogP contribution in [0.4, 0.5) is 0 Å². The van der Waals surface area contributed by atoms with Crippen LogP contribution in [0.25, 0.3) is 10.8 Å². The van der Waals surface area contributed by atoms with Crippen LogP contribution in [0, 0.1) is 0 Å². The third-order valence-corrected chi connectivity index (χ3v) is 2.97. The highest BCUT2D eigenvalue weighted by Gasteiger charge is 2.08. The summed E-state index contributed by atoms with van der Waals surface area (Å²) in [5, 5.41) is 2.35. The van der Waals surface area contributed by atoms with E-state index >= 15 is 0 Å². The van der Waals surface area contributed by atoms with Gasteiger partial charge in [-0.3, -0.25) is 4.84 Å². The molecule has 0 radical (unpaired) electrons. The monoisotopic (exact) mass is 257 g/mol. The maximum absolute atomic E-state index is 5.49. The van der Waals surface area contributed by atoms with Gasteiger partial charge in [0.05, 0.1) is 13.7 Å². The Kier molecular flexibility index (Phi) is 4.95. The van der Waals surface area contributed by atoms with Crippen molar-refractivity contribution in [3.63, 3.8) is 0 Å². The molecular weight excluding hydrogens is 238 g/mol. The number of nitrogens with one attached hydrogen (secondary N) is 1. The second kappa shape index (κ2) is 6.92. The highest BCUT2D eigenvalue weighted by molar-refractivity contribution is 5.87. The second-order valence-corrected chi connectivity index (χ2v) is 4.17. The Hall–Kier alpha value is -1.84. The summed E-state index contributed by atoms with van der Waals surface area (Å²) in [6.45, 7) is 3.15. The molecule has 1 N–H and O–H groups in total. The van der Waals surface area contributed by atoms with E-state index in [2.05, 4.69) is 23.7 Å². The predicted octanol–water partition coefficient (Wildman–Crippen LogP) is 3.45. The minimum absolute atomic E-state index is 0.474. The topological polar surface area (TPSA) is 30.5 Å². The van der Waals surface area contributed by atoms with Crippen LogP contribution in [0.1, 0.15) is 12.5 Å². The van der Waals surface area contributed by atoms with Crippen molar-refractivity contribution in [2.75, 3.05) is 13.7 Å². The summed E-state index contributed by atoms with van der Waals surface area (Å²) < 4.78 is 5.41. The smallest absolute Gasteiger partial charge is 0.125 e. The lowest BCUT2D eigenvalue weighted by Crippen LogP contribution is -2.14. The van der Waals surface area contributed by atoms with Crippen molar-refractivity contribution in [3.8, 4) is 5.75 Å². The van der Waals surface area contributed by atoms with E-state index in [9.17, 15) is 0 Å². The van der Waals surface area contributed by atoms with Gasteiger partial charge in [-0.2, -0.15) is 5.48 Å². The molecule has 0 saturated carbocycles. The molecule has 100 valence electrons. The molecule has 0 bridgehead atoms. The maximum atomic E-state index is 5.49. The molecule has 2 aromatic rings. The molecule has 0 fully saturated rings. The van der Waals surface area contributed by atoms with Crippen LogP contribution in [0.15, 0.2) is 48.6 Å². The molecule has 19 heavy (non-hydrogen) atoms. The number of rotatable bonds is 6. The van der Waals surface area contributed by atoms with Crippen molar-refractivity contribution < 1.29 is 9.57 Å². The van der Waals surface area contributed by atoms with E-state index < -0.39 is 0 Å². The summed E-state index contributed by atoms with van der Waals surface area (Å²) in [7, 11) is 1.68. The molecule has 0 heterocycles. The van der Waals surface area contributed by atoms with Gasteiger partial charge in [0.15, 0.2) is 0 Å². The summed E-state index contributed by atoms with van der Waals surface area (Å²) in [4.78, 5) is 5.49. The lowest BCUT2D eigenvalue weighted by Gasteiger charge is -2.12. The Bertz CT molecular complexity index is 564.